The minimum Gasteiger partial charge on any atom is -0.309 e. The molecule has 1 aromatic heterocycles. The molecule has 1 N–H and O–H groups in total. The van der Waals surface area contributed by atoms with Gasteiger partial charge in [-0.2, -0.15) is 0 Å². The van der Waals surface area contributed by atoms with Crippen LogP contribution in [0.25, 0.3) is 0 Å². The van der Waals surface area contributed by atoms with E-state index >= 15 is 0 Å². The molecule has 0 radical (unpaired) electrons. The van der Waals surface area contributed by atoms with Gasteiger partial charge in [0.2, 0.25) is 0 Å². The van der Waals surface area contributed by atoms with Crippen LogP contribution in [0.2, 0.25) is 0 Å². The molecule has 1 atom stereocenters. The Bertz CT molecular complexity index is 245. The molecule has 13 heavy (non-hydrogen) atoms. The van der Waals surface area contributed by atoms with Crippen LogP contribution >= 0.6 is 11.3 Å². The highest BCUT2D eigenvalue weighted by Gasteiger charge is 2.10. The molecule has 1 aromatic rings. The van der Waals surface area contributed by atoms with Gasteiger partial charge in [0.1, 0.15) is 0 Å². The Kier molecular flexibility index (Phi) is 4.39. The number of nitrogens with one attached hydrogen (secondary N) is 1. The van der Waals surface area contributed by atoms with Crippen molar-refractivity contribution in [3.63, 3.8) is 0 Å². The van der Waals surface area contributed by atoms with Gasteiger partial charge in [0.05, 0.1) is 16.7 Å². The van der Waals surface area contributed by atoms with E-state index in [4.69, 9.17) is 0 Å². The maximum absolute atomic E-state index is 4.49. The molecule has 2 nitrogen and oxygen atoms in total. The van der Waals surface area contributed by atoms with Gasteiger partial charge in [-0.25, -0.2) is 4.98 Å². The summed E-state index contributed by atoms with van der Waals surface area (Å²) in [6.07, 6.45) is 2.29. The lowest BCUT2D eigenvalue weighted by Crippen LogP contribution is -2.21. The second kappa shape index (κ2) is 5.35. The highest BCUT2D eigenvalue weighted by molar-refractivity contribution is 7.09. The van der Waals surface area contributed by atoms with Crippen LogP contribution in [0.1, 0.15) is 43.4 Å². The van der Waals surface area contributed by atoms with Crippen LogP contribution in [0.15, 0.2) is 5.38 Å². The molecule has 1 rings (SSSR count). The summed E-state index contributed by atoms with van der Waals surface area (Å²) >= 11 is 1.73. The third-order valence-electron chi connectivity index (χ3n) is 2.04. The molecule has 0 amide bonds. The van der Waals surface area contributed by atoms with Crippen LogP contribution in [-0.2, 0) is 0 Å². The average molecular weight is 198 g/mol. The Morgan fingerprint density at radius 3 is 2.77 bits per heavy atom. The van der Waals surface area contributed by atoms with E-state index in [1.54, 1.807) is 11.3 Å². The van der Waals surface area contributed by atoms with Gasteiger partial charge in [-0.1, -0.05) is 13.8 Å². The van der Waals surface area contributed by atoms with Crippen LogP contribution in [0.4, 0.5) is 0 Å². The smallest absolute Gasteiger partial charge is 0.0898 e. The maximum atomic E-state index is 4.49. The first kappa shape index (κ1) is 10.7. The number of thiazole rings is 1. The lowest BCUT2D eigenvalue weighted by molar-refractivity contribution is 0.509. The van der Waals surface area contributed by atoms with Gasteiger partial charge in [-0.15, -0.1) is 11.3 Å². The minimum atomic E-state index is 0.449. The first-order valence-electron chi connectivity index (χ1n) is 4.93. The van der Waals surface area contributed by atoms with E-state index in [1.807, 2.05) is 0 Å². The van der Waals surface area contributed by atoms with E-state index in [0.29, 0.717) is 6.04 Å². The molecular weight excluding hydrogens is 180 g/mol. The van der Waals surface area contributed by atoms with Crippen molar-refractivity contribution in [1.82, 2.24) is 10.3 Å². The summed E-state index contributed by atoms with van der Waals surface area (Å²) in [7, 11) is 0. The summed E-state index contributed by atoms with van der Waals surface area (Å²) in [6, 6.07) is 0.449. The van der Waals surface area contributed by atoms with Crippen molar-refractivity contribution in [3.05, 3.63) is 16.1 Å². The molecule has 0 spiro atoms. The molecule has 0 saturated heterocycles. The van der Waals surface area contributed by atoms with Gasteiger partial charge in [0.15, 0.2) is 0 Å². The Balaban J connectivity index is 2.56. The second-order valence-corrected chi connectivity index (χ2v) is 4.27. The Morgan fingerprint density at radius 2 is 2.31 bits per heavy atom. The predicted octanol–water partition coefficient (Wildman–Crippen LogP) is 2.90. The van der Waals surface area contributed by atoms with Crippen molar-refractivity contribution in [3.8, 4) is 0 Å². The zero-order chi connectivity index (χ0) is 9.68. The molecule has 1 heterocycles. The Labute approximate surface area is 84.4 Å². The largest absolute Gasteiger partial charge is 0.309 e. The van der Waals surface area contributed by atoms with Crippen LogP contribution in [0.5, 0.6) is 0 Å². The van der Waals surface area contributed by atoms with E-state index in [9.17, 15) is 0 Å². The molecule has 74 valence electrons. The second-order valence-electron chi connectivity index (χ2n) is 3.21. The van der Waals surface area contributed by atoms with E-state index in [0.717, 1.165) is 18.0 Å². The van der Waals surface area contributed by atoms with E-state index in [-0.39, 0.29) is 0 Å². The standard InChI is InChI=1S/C10H18N2S/c1-4-6-11-9(5-2)10-7-13-8(3)12-10/h7,9,11H,4-6H2,1-3H3. The fraction of sp³-hybridized carbons (Fsp3) is 0.700. The lowest BCUT2D eigenvalue weighted by atomic mass is 10.2. The van der Waals surface area contributed by atoms with E-state index in [1.165, 1.54) is 12.1 Å². The number of hydrogen-bond donors (Lipinski definition) is 1. The molecule has 0 bridgehead atoms. The van der Waals surface area contributed by atoms with Crippen molar-refractivity contribution in [2.45, 2.75) is 39.7 Å². The highest BCUT2D eigenvalue weighted by Crippen LogP contribution is 2.18. The predicted molar refractivity (Wildman–Crippen MR) is 58.2 cm³/mol. The van der Waals surface area contributed by atoms with Crippen LogP contribution in [0.3, 0.4) is 0 Å². The van der Waals surface area contributed by atoms with Gasteiger partial charge >= 0.3 is 0 Å². The Morgan fingerprint density at radius 1 is 1.54 bits per heavy atom. The van der Waals surface area contributed by atoms with Crippen molar-refractivity contribution in [1.29, 1.82) is 0 Å². The molecular formula is C10H18N2S. The third kappa shape index (κ3) is 3.08. The molecule has 0 aromatic carbocycles. The van der Waals surface area contributed by atoms with Crippen molar-refractivity contribution >= 4 is 11.3 Å². The molecule has 0 aliphatic carbocycles. The van der Waals surface area contributed by atoms with E-state index < -0.39 is 0 Å². The lowest BCUT2D eigenvalue weighted by Gasteiger charge is -2.13. The number of rotatable bonds is 5. The first-order chi connectivity index (χ1) is 6.27. The van der Waals surface area contributed by atoms with Crippen LogP contribution < -0.4 is 5.32 Å². The van der Waals surface area contributed by atoms with Gasteiger partial charge in [0, 0.05) is 5.38 Å². The van der Waals surface area contributed by atoms with Crippen LogP contribution in [0, 0.1) is 6.92 Å². The minimum absolute atomic E-state index is 0.449. The van der Waals surface area contributed by atoms with Crippen molar-refractivity contribution < 1.29 is 0 Å². The highest BCUT2D eigenvalue weighted by atomic mass is 32.1. The van der Waals surface area contributed by atoms with Gasteiger partial charge < -0.3 is 5.32 Å². The quantitative estimate of drug-likeness (QED) is 0.787. The number of nitrogens with zero attached hydrogens (tertiary/aromatic N) is 1. The normalized spacial score (nSPS) is 13.2. The number of aryl methyl sites for hydroxylation is 1. The monoisotopic (exact) mass is 198 g/mol. The summed E-state index contributed by atoms with van der Waals surface area (Å²) in [5.74, 6) is 0. The summed E-state index contributed by atoms with van der Waals surface area (Å²) in [5, 5.41) is 6.81. The molecule has 0 saturated carbocycles. The van der Waals surface area contributed by atoms with Gasteiger partial charge in [-0.3, -0.25) is 0 Å². The summed E-state index contributed by atoms with van der Waals surface area (Å²) < 4.78 is 0. The average Bonchev–Trinajstić information content (AvgIpc) is 2.54. The third-order valence-corrected chi connectivity index (χ3v) is 2.83. The summed E-state index contributed by atoms with van der Waals surface area (Å²) in [4.78, 5) is 4.49. The molecule has 0 aliphatic heterocycles. The molecule has 3 heteroatoms. The topological polar surface area (TPSA) is 24.9 Å². The fourth-order valence-electron chi connectivity index (χ4n) is 1.32. The zero-order valence-electron chi connectivity index (χ0n) is 8.63. The first-order valence-corrected chi connectivity index (χ1v) is 5.81. The van der Waals surface area contributed by atoms with Gasteiger partial charge in [-0.05, 0) is 26.3 Å². The summed E-state index contributed by atoms with van der Waals surface area (Å²) in [6.45, 7) is 7.52. The van der Waals surface area contributed by atoms with Gasteiger partial charge in [0.25, 0.3) is 0 Å². The molecule has 0 aliphatic rings. The fourth-order valence-corrected chi connectivity index (χ4v) is 1.98. The molecule has 1 unspecified atom stereocenters. The molecule has 0 fully saturated rings. The summed E-state index contributed by atoms with van der Waals surface area (Å²) in [5.41, 5.74) is 1.21. The maximum Gasteiger partial charge on any atom is 0.0898 e. The zero-order valence-corrected chi connectivity index (χ0v) is 9.45. The SMILES string of the molecule is CCCNC(CC)c1csc(C)n1. The number of hydrogen-bond acceptors (Lipinski definition) is 3. The van der Waals surface area contributed by atoms with Crippen molar-refractivity contribution in [2.24, 2.45) is 0 Å². The van der Waals surface area contributed by atoms with Crippen molar-refractivity contribution in [2.75, 3.05) is 6.54 Å². The Hall–Kier alpha value is -0.410. The van der Waals surface area contributed by atoms with E-state index in [2.05, 4.69) is 36.5 Å². The number of aromatic nitrogens is 1. The van der Waals surface area contributed by atoms with Crippen LogP contribution in [-0.4, -0.2) is 11.5 Å².